The maximum Gasteiger partial charge on any atom is 0.137 e. The Balaban J connectivity index is 2.35. The highest BCUT2D eigenvalue weighted by atomic mass is 35.5. The SMILES string of the molecule is Cc1c(Cl)nc(C(C)C)nc1N(C)Cc1ccccc1Cl. The van der Waals surface area contributed by atoms with Crippen molar-refractivity contribution < 1.29 is 0 Å². The standard InChI is InChI=1S/C16H19Cl2N3/c1-10(2)15-19-14(18)11(3)16(20-15)21(4)9-12-7-5-6-8-13(12)17/h5-8,10H,9H2,1-4H3. The molecule has 21 heavy (non-hydrogen) atoms. The zero-order valence-corrected chi connectivity index (χ0v) is 14.2. The van der Waals surface area contributed by atoms with Crippen molar-refractivity contribution in [3.8, 4) is 0 Å². The lowest BCUT2D eigenvalue weighted by atomic mass is 10.2. The van der Waals surface area contributed by atoms with E-state index in [9.17, 15) is 0 Å². The fraction of sp³-hybridized carbons (Fsp3) is 0.375. The molecular formula is C16H19Cl2N3. The molecule has 2 aromatic rings. The van der Waals surface area contributed by atoms with Crippen LogP contribution in [0.25, 0.3) is 0 Å². The summed E-state index contributed by atoms with van der Waals surface area (Å²) in [6.45, 7) is 6.72. The van der Waals surface area contributed by atoms with Crippen molar-refractivity contribution >= 4 is 29.0 Å². The molecule has 0 unspecified atom stereocenters. The van der Waals surface area contributed by atoms with Crippen LogP contribution in [0.15, 0.2) is 24.3 Å². The minimum absolute atomic E-state index is 0.232. The van der Waals surface area contributed by atoms with Crippen molar-refractivity contribution in [2.45, 2.75) is 33.2 Å². The number of halogens is 2. The van der Waals surface area contributed by atoms with Crippen LogP contribution in [0, 0.1) is 6.92 Å². The average molecular weight is 324 g/mol. The van der Waals surface area contributed by atoms with Gasteiger partial charge in [0.1, 0.15) is 16.8 Å². The lowest BCUT2D eigenvalue weighted by molar-refractivity contribution is 0.758. The van der Waals surface area contributed by atoms with E-state index >= 15 is 0 Å². The van der Waals surface area contributed by atoms with Gasteiger partial charge >= 0.3 is 0 Å². The van der Waals surface area contributed by atoms with E-state index in [-0.39, 0.29) is 5.92 Å². The second kappa shape index (κ2) is 6.63. The molecule has 1 aromatic carbocycles. The third-order valence-electron chi connectivity index (χ3n) is 3.32. The van der Waals surface area contributed by atoms with Gasteiger partial charge in [-0.1, -0.05) is 55.2 Å². The molecule has 0 radical (unpaired) electrons. The summed E-state index contributed by atoms with van der Waals surface area (Å²) in [5.41, 5.74) is 1.94. The molecule has 0 spiro atoms. The van der Waals surface area contributed by atoms with Gasteiger partial charge in [-0.05, 0) is 18.6 Å². The number of rotatable bonds is 4. The Morgan fingerprint density at radius 3 is 2.43 bits per heavy atom. The highest BCUT2D eigenvalue weighted by molar-refractivity contribution is 6.31. The van der Waals surface area contributed by atoms with E-state index in [0.29, 0.717) is 11.7 Å². The molecule has 0 aliphatic rings. The molecule has 0 fully saturated rings. The summed E-state index contributed by atoms with van der Waals surface area (Å²) in [6, 6.07) is 7.81. The second-order valence-corrected chi connectivity index (χ2v) is 6.19. The van der Waals surface area contributed by atoms with E-state index in [1.54, 1.807) is 0 Å². The molecule has 0 saturated heterocycles. The Morgan fingerprint density at radius 2 is 1.81 bits per heavy atom. The lowest BCUT2D eigenvalue weighted by Gasteiger charge is -2.22. The Labute approximate surface area is 135 Å². The molecule has 5 heteroatoms. The van der Waals surface area contributed by atoms with E-state index in [1.807, 2.05) is 38.2 Å². The molecule has 0 aliphatic carbocycles. The van der Waals surface area contributed by atoms with Crippen molar-refractivity contribution in [1.82, 2.24) is 9.97 Å². The molecule has 2 rings (SSSR count). The molecule has 1 heterocycles. The van der Waals surface area contributed by atoms with Gasteiger partial charge in [0.2, 0.25) is 0 Å². The third-order valence-corrected chi connectivity index (χ3v) is 4.06. The first-order valence-electron chi connectivity index (χ1n) is 6.88. The molecule has 0 atom stereocenters. The molecule has 112 valence electrons. The lowest BCUT2D eigenvalue weighted by Crippen LogP contribution is -2.20. The van der Waals surface area contributed by atoms with Crippen LogP contribution in [0.3, 0.4) is 0 Å². The first-order valence-corrected chi connectivity index (χ1v) is 7.64. The Kier molecular flexibility index (Phi) is 5.07. The van der Waals surface area contributed by atoms with Gasteiger partial charge in [-0.15, -0.1) is 0 Å². The van der Waals surface area contributed by atoms with Crippen LogP contribution in [-0.2, 0) is 6.54 Å². The number of nitrogens with zero attached hydrogens (tertiary/aromatic N) is 3. The van der Waals surface area contributed by atoms with Gasteiger partial charge in [-0.3, -0.25) is 0 Å². The summed E-state index contributed by atoms with van der Waals surface area (Å²) in [7, 11) is 1.99. The summed E-state index contributed by atoms with van der Waals surface area (Å²) in [5, 5.41) is 1.26. The van der Waals surface area contributed by atoms with Crippen LogP contribution in [0.4, 0.5) is 5.82 Å². The minimum Gasteiger partial charge on any atom is -0.355 e. The largest absolute Gasteiger partial charge is 0.355 e. The predicted octanol–water partition coefficient (Wildman–Crippen LogP) is 4.85. The quantitative estimate of drug-likeness (QED) is 0.753. The second-order valence-electron chi connectivity index (χ2n) is 5.42. The van der Waals surface area contributed by atoms with E-state index in [4.69, 9.17) is 23.2 Å². The highest BCUT2D eigenvalue weighted by Crippen LogP contribution is 2.27. The normalized spacial score (nSPS) is 11.0. The van der Waals surface area contributed by atoms with Crippen LogP contribution in [0.5, 0.6) is 0 Å². The number of hydrogen-bond donors (Lipinski definition) is 0. The van der Waals surface area contributed by atoms with Gasteiger partial charge in [-0.25, -0.2) is 9.97 Å². The van der Waals surface area contributed by atoms with Crippen LogP contribution >= 0.6 is 23.2 Å². The summed E-state index contributed by atoms with van der Waals surface area (Å²) in [6.07, 6.45) is 0. The fourth-order valence-electron chi connectivity index (χ4n) is 2.08. The topological polar surface area (TPSA) is 29.0 Å². The first kappa shape index (κ1) is 16.1. The van der Waals surface area contributed by atoms with Crippen LogP contribution in [0.1, 0.15) is 36.7 Å². The van der Waals surface area contributed by atoms with Gasteiger partial charge < -0.3 is 4.90 Å². The van der Waals surface area contributed by atoms with Crippen molar-refractivity contribution in [2.75, 3.05) is 11.9 Å². The minimum atomic E-state index is 0.232. The van der Waals surface area contributed by atoms with Crippen molar-refractivity contribution in [3.63, 3.8) is 0 Å². The van der Waals surface area contributed by atoms with Crippen LogP contribution in [0.2, 0.25) is 10.2 Å². The van der Waals surface area contributed by atoms with Gasteiger partial charge in [0, 0.05) is 30.1 Å². The van der Waals surface area contributed by atoms with Crippen molar-refractivity contribution in [1.29, 1.82) is 0 Å². The van der Waals surface area contributed by atoms with E-state index < -0.39 is 0 Å². The van der Waals surface area contributed by atoms with Crippen LogP contribution in [-0.4, -0.2) is 17.0 Å². The van der Waals surface area contributed by atoms with E-state index in [0.717, 1.165) is 27.8 Å². The summed E-state index contributed by atoms with van der Waals surface area (Å²) in [5.74, 6) is 1.83. The monoisotopic (exact) mass is 323 g/mol. The maximum atomic E-state index is 6.24. The molecule has 0 saturated carbocycles. The Bertz CT molecular complexity index is 641. The van der Waals surface area contributed by atoms with Gasteiger partial charge in [-0.2, -0.15) is 0 Å². The predicted molar refractivity (Wildman–Crippen MR) is 89.4 cm³/mol. The third kappa shape index (κ3) is 3.66. The zero-order valence-electron chi connectivity index (χ0n) is 12.7. The number of aromatic nitrogens is 2. The number of anilines is 1. The molecular weight excluding hydrogens is 305 g/mol. The molecule has 0 N–H and O–H groups in total. The zero-order chi connectivity index (χ0) is 15.6. The highest BCUT2D eigenvalue weighted by Gasteiger charge is 2.15. The first-order chi connectivity index (χ1) is 9.90. The maximum absolute atomic E-state index is 6.24. The van der Waals surface area contributed by atoms with Gasteiger partial charge in [0.15, 0.2) is 0 Å². The summed E-state index contributed by atoms with van der Waals surface area (Å²) >= 11 is 12.5. The number of benzene rings is 1. The van der Waals surface area contributed by atoms with Crippen LogP contribution < -0.4 is 4.90 Å². The van der Waals surface area contributed by atoms with E-state index in [1.165, 1.54) is 0 Å². The molecule has 0 amide bonds. The average Bonchev–Trinajstić information content (AvgIpc) is 2.43. The molecule has 0 bridgehead atoms. The fourth-order valence-corrected chi connectivity index (χ4v) is 2.45. The van der Waals surface area contributed by atoms with Gasteiger partial charge in [0.05, 0.1) is 0 Å². The summed E-state index contributed by atoms with van der Waals surface area (Å²) < 4.78 is 0. The number of hydrogen-bond acceptors (Lipinski definition) is 3. The van der Waals surface area contributed by atoms with Crippen molar-refractivity contribution in [2.24, 2.45) is 0 Å². The van der Waals surface area contributed by atoms with E-state index in [2.05, 4.69) is 28.7 Å². The Morgan fingerprint density at radius 1 is 1.14 bits per heavy atom. The van der Waals surface area contributed by atoms with Crippen molar-refractivity contribution in [3.05, 3.63) is 51.4 Å². The van der Waals surface area contributed by atoms with Gasteiger partial charge in [0.25, 0.3) is 0 Å². The Hall–Kier alpha value is -1.32. The summed E-state index contributed by atoms with van der Waals surface area (Å²) in [4.78, 5) is 11.0. The molecule has 0 aliphatic heterocycles. The molecule has 3 nitrogen and oxygen atoms in total. The molecule has 1 aromatic heterocycles. The smallest absolute Gasteiger partial charge is 0.137 e.